The van der Waals surface area contributed by atoms with Gasteiger partial charge < -0.3 is 10.4 Å². The summed E-state index contributed by atoms with van der Waals surface area (Å²) in [4.78, 5) is 21.3. The number of carbonyl (C=O) groups is 2. The van der Waals surface area contributed by atoms with Crippen molar-refractivity contribution in [2.45, 2.75) is 31.2 Å². The van der Waals surface area contributed by atoms with E-state index in [1.807, 2.05) is 0 Å². The summed E-state index contributed by atoms with van der Waals surface area (Å²) in [5.74, 6) is -9.06. The monoisotopic (exact) mass is 243 g/mol. The van der Waals surface area contributed by atoms with Crippen LogP contribution in [0.2, 0.25) is 0 Å². The van der Waals surface area contributed by atoms with Crippen LogP contribution in [-0.4, -0.2) is 35.4 Å². The van der Waals surface area contributed by atoms with E-state index in [2.05, 4.69) is 0 Å². The van der Waals surface area contributed by atoms with E-state index in [0.29, 0.717) is 12.8 Å². The van der Waals surface area contributed by atoms with Crippen molar-refractivity contribution in [3.63, 3.8) is 0 Å². The van der Waals surface area contributed by atoms with Crippen LogP contribution < -0.4 is 5.32 Å². The van der Waals surface area contributed by atoms with Crippen molar-refractivity contribution in [1.82, 2.24) is 5.32 Å². The number of hydrogen-bond donors (Lipinski definition) is 2. The van der Waals surface area contributed by atoms with E-state index in [1.54, 1.807) is 0 Å². The van der Waals surface area contributed by atoms with E-state index in [-0.39, 0.29) is 0 Å². The molecule has 8 heteroatoms. The van der Waals surface area contributed by atoms with Gasteiger partial charge in [-0.25, -0.2) is 13.6 Å². The quantitative estimate of drug-likeness (QED) is 0.704. The van der Waals surface area contributed by atoms with Crippen molar-refractivity contribution in [3.05, 3.63) is 0 Å². The highest BCUT2D eigenvalue weighted by atomic mass is 19.3. The molecule has 0 radical (unpaired) electrons. The van der Waals surface area contributed by atoms with Gasteiger partial charge in [0.05, 0.1) is 0 Å². The molecule has 1 amide bonds. The van der Waals surface area contributed by atoms with E-state index >= 15 is 0 Å². The maximum atomic E-state index is 12.5. The van der Waals surface area contributed by atoms with Crippen LogP contribution in [0.1, 0.15) is 12.8 Å². The fourth-order valence-electron chi connectivity index (χ4n) is 1.15. The first-order valence-corrected chi connectivity index (χ1v) is 4.46. The summed E-state index contributed by atoms with van der Waals surface area (Å²) in [6.45, 7) is 0. The lowest BCUT2D eigenvalue weighted by Crippen LogP contribution is -2.52. The molecule has 0 aliphatic heterocycles. The van der Waals surface area contributed by atoms with Crippen LogP contribution in [0, 0.1) is 5.92 Å². The Morgan fingerprint density at radius 2 is 1.81 bits per heavy atom. The number of carbonyl (C=O) groups excluding carboxylic acids is 1. The van der Waals surface area contributed by atoms with Gasteiger partial charge in [0.15, 0.2) is 0 Å². The number of alkyl halides is 4. The first-order chi connectivity index (χ1) is 7.26. The molecular weight excluding hydrogens is 234 g/mol. The Hall–Kier alpha value is -1.34. The molecule has 2 N–H and O–H groups in total. The van der Waals surface area contributed by atoms with E-state index in [4.69, 9.17) is 5.11 Å². The van der Waals surface area contributed by atoms with E-state index < -0.39 is 36.2 Å². The molecule has 0 aromatic rings. The average molecular weight is 243 g/mol. The molecule has 1 aliphatic carbocycles. The van der Waals surface area contributed by atoms with E-state index in [9.17, 15) is 27.2 Å². The van der Waals surface area contributed by atoms with Crippen LogP contribution in [0.3, 0.4) is 0 Å². The Balaban J connectivity index is 2.64. The maximum Gasteiger partial charge on any atom is 0.383 e. The number of rotatable bonds is 5. The summed E-state index contributed by atoms with van der Waals surface area (Å²) in [6.07, 6.45) is -3.21. The summed E-state index contributed by atoms with van der Waals surface area (Å²) in [5.41, 5.74) is 0. The van der Waals surface area contributed by atoms with Crippen molar-refractivity contribution < 1.29 is 32.3 Å². The zero-order chi connectivity index (χ0) is 12.5. The van der Waals surface area contributed by atoms with Crippen LogP contribution in [0.4, 0.5) is 17.6 Å². The average Bonchev–Trinajstić information content (AvgIpc) is 2.95. The smallest absolute Gasteiger partial charge is 0.383 e. The van der Waals surface area contributed by atoms with Crippen LogP contribution >= 0.6 is 0 Å². The molecule has 0 spiro atoms. The van der Waals surface area contributed by atoms with Crippen molar-refractivity contribution in [3.8, 4) is 0 Å². The molecule has 0 saturated heterocycles. The lowest BCUT2D eigenvalue weighted by Gasteiger charge is -2.18. The van der Waals surface area contributed by atoms with Crippen molar-refractivity contribution >= 4 is 11.9 Å². The van der Waals surface area contributed by atoms with Gasteiger partial charge in [-0.15, -0.1) is 0 Å². The fraction of sp³-hybridized carbons (Fsp3) is 0.750. The predicted octanol–water partition coefficient (Wildman–Crippen LogP) is 0.866. The number of carboxylic acid groups (broad SMARTS) is 1. The second kappa shape index (κ2) is 4.26. The molecule has 0 aromatic carbocycles. The Bertz CT molecular complexity index is 304. The molecule has 4 nitrogen and oxygen atoms in total. The van der Waals surface area contributed by atoms with Gasteiger partial charge in [-0.2, -0.15) is 8.78 Å². The number of aliphatic carboxylic acids is 1. The summed E-state index contributed by atoms with van der Waals surface area (Å²) in [6, 6.07) is -1.52. The van der Waals surface area contributed by atoms with Gasteiger partial charge in [-0.1, -0.05) is 0 Å². The SMILES string of the molecule is O=C(O)C(NC(=O)C(F)(F)C(F)F)C1CC1. The Labute approximate surface area is 87.6 Å². The van der Waals surface area contributed by atoms with Crippen molar-refractivity contribution in [2.75, 3.05) is 0 Å². The minimum Gasteiger partial charge on any atom is -0.480 e. The number of halogens is 4. The lowest BCUT2D eigenvalue weighted by molar-refractivity contribution is -0.171. The maximum absolute atomic E-state index is 12.5. The van der Waals surface area contributed by atoms with Gasteiger partial charge in [0.25, 0.3) is 5.91 Å². The first kappa shape index (κ1) is 12.7. The Kier molecular flexibility index (Phi) is 3.39. The third-order valence-corrected chi connectivity index (χ3v) is 2.22. The first-order valence-electron chi connectivity index (χ1n) is 4.46. The second-order valence-corrected chi connectivity index (χ2v) is 3.55. The highest BCUT2D eigenvalue weighted by molar-refractivity contribution is 5.88. The number of hydrogen-bond acceptors (Lipinski definition) is 2. The van der Waals surface area contributed by atoms with Gasteiger partial charge in [0.1, 0.15) is 6.04 Å². The predicted molar refractivity (Wildman–Crippen MR) is 43.2 cm³/mol. The van der Waals surface area contributed by atoms with Gasteiger partial charge in [0, 0.05) is 0 Å². The molecule has 92 valence electrons. The Morgan fingerprint density at radius 3 is 2.12 bits per heavy atom. The second-order valence-electron chi connectivity index (χ2n) is 3.55. The normalized spacial score (nSPS) is 18.3. The summed E-state index contributed by atoms with van der Waals surface area (Å²) in [7, 11) is 0. The molecule has 0 bridgehead atoms. The molecule has 1 rings (SSSR count). The number of carboxylic acids is 1. The molecule has 0 heterocycles. The third kappa shape index (κ3) is 2.61. The Morgan fingerprint density at radius 1 is 1.31 bits per heavy atom. The lowest BCUT2D eigenvalue weighted by atomic mass is 10.1. The van der Waals surface area contributed by atoms with E-state index in [1.165, 1.54) is 5.32 Å². The van der Waals surface area contributed by atoms with E-state index in [0.717, 1.165) is 0 Å². The largest absolute Gasteiger partial charge is 0.480 e. The summed E-state index contributed by atoms with van der Waals surface area (Å²) in [5, 5.41) is 10.0. The molecule has 1 unspecified atom stereocenters. The number of nitrogens with one attached hydrogen (secondary N) is 1. The standard InChI is InChI=1S/C8H9F4NO3/c9-6(10)8(11,12)7(16)13-4(5(14)15)3-1-2-3/h3-4,6H,1-2H2,(H,13,16)(H,14,15). The molecular formula is C8H9F4NO3. The zero-order valence-electron chi connectivity index (χ0n) is 7.92. The molecule has 1 fully saturated rings. The zero-order valence-corrected chi connectivity index (χ0v) is 7.92. The van der Waals surface area contributed by atoms with Crippen LogP contribution in [0.15, 0.2) is 0 Å². The minimum atomic E-state index is -4.86. The van der Waals surface area contributed by atoms with Gasteiger partial charge >= 0.3 is 18.3 Å². The van der Waals surface area contributed by atoms with Gasteiger partial charge in [-0.05, 0) is 18.8 Å². The van der Waals surface area contributed by atoms with Crippen molar-refractivity contribution in [1.29, 1.82) is 0 Å². The highest BCUT2D eigenvalue weighted by Crippen LogP contribution is 2.33. The van der Waals surface area contributed by atoms with Gasteiger partial charge in [-0.3, -0.25) is 4.79 Å². The molecule has 16 heavy (non-hydrogen) atoms. The summed E-state index contributed by atoms with van der Waals surface area (Å²) >= 11 is 0. The van der Waals surface area contributed by atoms with Crippen molar-refractivity contribution in [2.24, 2.45) is 5.92 Å². The fourth-order valence-corrected chi connectivity index (χ4v) is 1.15. The molecule has 1 atom stereocenters. The molecule has 0 aromatic heterocycles. The molecule has 1 saturated carbocycles. The van der Waals surface area contributed by atoms with Crippen LogP contribution in [0.25, 0.3) is 0 Å². The number of amides is 1. The van der Waals surface area contributed by atoms with Crippen LogP contribution in [-0.2, 0) is 9.59 Å². The van der Waals surface area contributed by atoms with Gasteiger partial charge in [0.2, 0.25) is 0 Å². The highest BCUT2D eigenvalue weighted by Gasteiger charge is 2.51. The molecule has 1 aliphatic rings. The summed E-state index contributed by atoms with van der Waals surface area (Å²) < 4.78 is 48.5. The topological polar surface area (TPSA) is 66.4 Å². The third-order valence-electron chi connectivity index (χ3n) is 2.22. The minimum absolute atomic E-state index is 0.449. The van der Waals surface area contributed by atoms with Crippen LogP contribution in [0.5, 0.6) is 0 Å².